The zero-order valence-electron chi connectivity index (χ0n) is 11.3. The lowest BCUT2D eigenvalue weighted by Crippen LogP contribution is -2.46. The Morgan fingerprint density at radius 1 is 1.30 bits per heavy atom. The monoisotopic (exact) mass is 288 g/mol. The summed E-state index contributed by atoms with van der Waals surface area (Å²) in [5.74, 6) is 0.739. The molecule has 7 heteroatoms. The number of anilines is 1. The molecule has 2 rings (SSSR count). The van der Waals surface area contributed by atoms with Crippen LogP contribution in [0.25, 0.3) is 0 Å². The maximum Gasteiger partial charge on any atom is 0.225 e. The van der Waals surface area contributed by atoms with E-state index < -0.39 is 0 Å². The van der Waals surface area contributed by atoms with E-state index >= 15 is 0 Å². The summed E-state index contributed by atoms with van der Waals surface area (Å²) in [4.78, 5) is 12.9. The van der Waals surface area contributed by atoms with Gasteiger partial charge in [-0.05, 0) is 13.0 Å². The first-order valence-corrected chi connectivity index (χ1v) is 6.72. The van der Waals surface area contributed by atoms with Gasteiger partial charge in [0.2, 0.25) is 5.95 Å². The third-order valence-electron chi connectivity index (χ3n) is 3.31. The third-order valence-corrected chi connectivity index (χ3v) is 3.51. The van der Waals surface area contributed by atoms with Gasteiger partial charge in [-0.15, -0.1) is 0 Å². The van der Waals surface area contributed by atoms with E-state index in [0.29, 0.717) is 5.57 Å². The molecule has 0 radical (unpaired) electrons. The van der Waals surface area contributed by atoms with E-state index in [0.717, 1.165) is 37.8 Å². The fraction of sp³-hybridized carbons (Fsp3) is 0.385. The Morgan fingerprint density at radius 3 is 2.40 bits per heavy atom. The van der Waals surface area contributed by atoms with Gasteiger partial charge < -0.3 is 15.5 Å². The molecule has 1 fully saturated rings. The second-order valence-corrected chi connectivity index (χ2v) is 4.90. The van der Waals surface area contributed by atoms with E-state index in [1.54, 1.807) is 18.5 Å². The third kappa shape index (κ3) is 3.03. The maximum absolute atomic E-state index is 9.10. The normalized spacial score (nSPS) is 16.4. The van der Waals surface area contributed by atoms with Gasteiger partial charge in [-0.3, -0.25) is 0 Å². The minimum absolute atomic E-state index is 0.152. The first kappa shape index (κ1) is 14.2. The SMILES string of the molecule is CC(=C(C#N)C(N)=S)N1CCN(c2ncccn2)CC1. The Bertz CT molecular complexity index is 554. The lowest BCUT2D eigenvalue weighted by atomic mass is 10.2. The Labute approximate surface area is 123 Å². The van der Waals surface area contributed by atoms with Crippen LogP contribution in [0.4, 0.5) is 5.95 Å². The van der Waals surface area contributed by atoms with Gasteiger partial charge in [-0.1, -0.05) is 12.2 Å². The molecule has 0 bridgehead atoms. The van der Waals surface area contributed by atoms with Crippen molar-refractivity contribution in [3.63, 3.8) is 0 Å². The van der Waals surface area contributed by atoms with Gasteiger partial charge in [-0.25, -0.2) is 9.97 Å². The van der Waals surface area contributed by atoms with E-state index in [-0.39, 0.29) is 4.99 Å². The number of allylic oxidation sites excluding steroid dienone is 1. The number of nitrogens with zero attached hydrogens (tertiary/aromatic N) is 5. The van der Waals surface area contributed by atoms with Crippen molar-refractivity contribution in [2.24, 2.45) is 5.73 Å². The van der Waals surface area contributed by atoms with Crippen molar-refractivity contribution >= 4 is 23.2 Å². The van der Waals surface area contributed by atoms with Crippen LogP contribution in [0.5, 0.6) is 0 Å². The molecule has 0 amide bonds. The average molecular weight is 288 g/mol. The molecule has 0 spiro atoms. The van der Waals surface area contributed by atoms with Crippen molar-refractivity contribution in [3.8, 4) is 6.07 Å². The second-order valence-electron chi connectivity index (χ2n) is 4.46. The second kappa shape index (κ2) is 6.30. The van der Waals surface area contributed by atoms with Crippen LogP contribution >= 0.6 is 12.2 Å². The molecule has 6 nitrogen and oxygen atoms in total. The van der Waals surface area contributed by atoms with Crippen molar-refractivity contribution in [1.29, 1.82) is 5.26 Å². The zero-order chi connectivity index (χ0) is 14.5. The van der Waals surface area contributed by atoms with E-state index in [1.165, 1.54) is 0 Å². The molecule has 1 aromatic heterocycles. The van der Waals surface area contributed by atoms with E-state index in [2.05, 4.69) is 25.8 Å². The standard InChI is InChI=1S/C13H16N6S/c1-10(11(9-14)12(15)20)18-5-7-19(8-6-18)13-16-3-2-4-17-13/h2-4H,5-8H2,1H3,(H2,15,20). The average Bonchev–Trinajstić information content (AvgIpc) is 2.48. The molecule has 0 aliphatic carbocycles. The van der Waals surface area contributed by atoms with Crippen LogP contribution in [0.3, 0.4) is 0 Å². The van der Waals surface area contributed by atoms with Gasteiger partial charge in [0.1, 0.15) is 16.6 Å². The minimum Gasteiger partial charge on any atom is -0.389 e. The van der Waals surface area contributed by atoms with E-state index in [4.69, 9.17) is 23.2 Å². The van der Waals surface area contributed by atoms with Crippen LogP contribution in [0.1, 0.15) is 6.92 Å². The molecular weight excluding hydrogens is 272 g/mol. The quantitative estimate of drug-likeness (QED) is 0.497. The number of nitrogens with two attached hydrogens (primary N) is 1. The molecule has 20 heavy (non-hydrogen) atoms. The lowest BCUT2D eigenvalue weighted by Gasteiger charge is -2.36. The molecule has 2 N–H and O–H groups in total. The summed E-state index contributed by atoms with van der Waals surface area (Å²) < 4.78 is 0. The first-order chi connectivity index (χ1) is 9.63. The van der Waals surface area contributed by atoms with Gasteiger partial charge in [0.15, 0.2) is 0 Å². The van der Waals surface area contributed by atoms with Crippen LogP contribution < -0.4 is 10.6 Å². The Hall–Kier alpha value is -2.20. The summed E-state index contributed by atoms with van der Waals surface area (Å²) in [5, 5.41) is 9.10. The van der Waals surface area contributed by atoms with Crippen LogP contribution in [-0.4, -0.2) is 46.0 Å². The predicted octanol–water partition coefficient (Wildman–Crippen LogP) is 0.682. The highest BCUT2D eigenvalue weighted by Crippen LogP contribution is 2.15. The van der Waals surface area contributed by atoms with Crippen LogP contribution in [-0.2, 0) is 0 Å². The summed E-state index contributed by atoms with van der Waals surface area (Å²) >= 11 is 4.90. The largest absolute Gasteiger partial charge is 0.389 e. The van der Waals surface area contributed by atoms with E-state index in [9.17, 15) is 0 Å². The molecule has 0 aromatic carbocycles. The summed E-state index contributed by atoms with van der Waals surface area (Å²) in [7, 11) is 0. The first-order valence-electron chi connectivity index (χ1n) is 6.31. The number of hydrogen-bond donors (Lipinski definition) is 1. The number of piperazine rings is 1. The smallest absolute Gasteiger partial charge is 0.225 e. The fourth-order valence-corrected chi connectivity index (χ4v) is 2.36. The zero-order valence-corrected chi connectivity index (χ0v) is 12.1. The highest BCUT2D eigenvalue weighted by molar-refractivity contribution is 7.80. The van der Waals surface area contributed by atoms with Crippen molar-refractivity contribution in [3.05, 3.63) is 29.7 Å². The van der Waals surface area contributed by atoms with Gasteiger partial charge >= 0.3 is 0 Å². The Kier molecular flexibility index (Phi) is 4.48. The number of thiocarbonyl (C=S) groups is 1. The maximum atomic E-state index is 9.10. The molecule has 1 saturated heterocycles. The van der Waals surface area contributed by atoms with Crippen LogP contribution in [0.2, 0.25) is 0 Å². The lowest BCUT2D eigenvalue weighted by molar-refractivity contribution is 0.319. The number of aromatic nitrogens is 2. The van der Waals surface area contributed by atoms with Gasteiger partial charge in [0.25, 0.3) is 0 Å². The molecule has 1 aliphatic rings. The summed E-state index contributed by atoms with van der Waals surface area (Å²) in [6.45, 7) is 5.07. The van der Waals surface area contributed by atoms with Gasteiger partial charge in [0, 0.05) is 44.3 Å². The molecule has 1 aliphatic heterocycles. The van der Waals surface area contributed by atoms with Gasteiger partial charge in [0.05, 0.1) is 0 Å². The predicted molar refractivity (Wildman–Crippen MR) is 80.9 cm³/mol. The van der Waals surface area contributed by atoms with Gasteiger partial charge in [-0.2, -0.15) is 5.26 Å². The molecule has 0 saturated carbocycles. The molecular formula is C13H16N6S. The molecule has 2 heterocycles. The minimum atomic E-state index is 0.152. The molecule has 0 atom stereocenters. The van der Waals surface area contributed by atoms with E-state index in [1.807, 2.05) is 6.92 Å². The topological polar surface area (TPSA) is 82.1 Å². The van der Waals surface area contributed by atoms with Crippen molar-refractivity contribution in [2.45, 2.75) is 6.92 Å². The summed E-state index contributed by atoms with van der Waals surface area (Å²) in [6, 6.07) is 3.87. The summed E-state index contributed by atoms with van der Waals surface area (Å²) in [5.41, 5.74) is 6.80. The Balaban J connectivity index is 2.05. The highest BCUT2D eigenvalue weighted by Gasteiger charge is 2.21. The van der Waals surface area contributed by atoms with Crippen molar-refractivity contribution in [1.82, 2.24) is 14.9 Å². The molecule has 0 unspecified atom stereocenters. The fourth-order valence-electron chi connectivity index (χ4n) is 2.17. The number of rotatable bonds is 3. The molecule has 1 aromatic rings. The number of nitriles is 1. The number of hydrogen-bond acceptors (Lipinski definition) is 6. The Morgan fingerprint density at radius 2 is 1.90 bits per heavy atom. The van der Waals surface area contributed by atoms with Crippen LogP contribution in [0.15, 0.2) is 29.7 Å². The molecule has 104 valence electrons. The van der Waals surface area contributed by atoms with Crippen LogP contribution in [0, 0.1) is 11.3 Å². The van der Waals surface area contributed by atoms with Crippen molar-refractivity contribution in [2.75, 3.05) is 31.1 Å². The van der Waals surface area contributed by atoms with Crippen molar-refractivity contribution < 1.29 is 0 Å². The highest BCUT2D eigenvalue weighted by atomic mass is 32.1. The summed E-state index contributed by atoms with van der Waals surface area (Å²) in [6.07, 6.45) is 3.47.